The van der Waals surface area contributed by atoms with Gasteiger partial charge in [0.1, 0.15) is 5.82 Å². The van der Waals surface area contributed by atoms with Gasteiger partial charge in [-0.15, -0.1) is 0 Å². The number of hydrogen-bond donors (Lipinski definition) is 1. The number of hydrogen-bond acceptors (Lipinski definition) is 2. The van der Waals surface area contributed by atoms with Crippen LogP contribution in [0, 0.1) is 6.92 Å². The molecule has 1 aliphatic rings. The largest absolute Gasteiger partial charge is 0.326 e. The number of imidazole rings is 1. The molecule has 4 heteroatoms. The van der Waals surface area contributed by atoms with Crippen molar-refractivity contribution in [3.63, 3.8) is 0 Å². The van der Waals surface area contributed by atoms with Crippen molar-refractivity contribution in [2.24, 2.45) is 0 Å². The number of nitrogens with one attached hydrogen (secondary N) is 1. The summed E-state index contributed by atoms with van der Waals surface area (Å²) in [6, 6.07) is 4.02. The van der Waals surface area contributed by atoms with Gasteiger partial charge < -0.3 is 9.88 Å². The van der Waals surface area contributed by atoms with Crippen LogP contribution in [-0.2, 0) is 13.1 Å². The van der Waals surface area contributed by atoms with Gasteiger partial charge in [0.05, 0.1) is 17.6 Å². The third kappa shape index (κ3) is 1.27. The first-order chi connectivity index (χ1) is 7.27. The first kappa shape index (κ1) is 9.19. The predicted molar refractivity (Wildman–Crippen MR) is 61.2 cm³/mol. The minimum absolute atomic E-state index is 0.797. The Labute approximate surface area is 93.1 Å². The highest BCUT2D eigenvalue weighted by molar-refractivity contribution is 6.32. The number of rotatable bonds is 0. The van der Waals surface area contributed by atoms with E-state index in [0.717, 1.165) is 41.6 Å². The fraction of sp³-hybridized carbons (Fsp3) is 0.364. The molecule has 0 atom stereocenters. The Morgan fingerprint density at radius 3 is 3.20 bits per heavy atom. The van der Waals surface area contributed by atoms with Crippen LogP contribution in [0.2, 0.25) is 5.02 Å². The molecule has 3 nitrogen and oxygen atoms in total. The number of nitrogens with zero attached hydrogens (tertiary/aromatic N) is 2. The van der Waals surface area contributed by atoms with E-state index in [0.29, 0.717) is 0 Å². The Bertz CT molecular complexity index is 530. The molecule has 3 rings (SSSR count). The third-order valence-corrected chi connectivity index (χ3v) is 3.39. The molecule has 0 aliphatic carbocycles. The van der Waals surface area contributed by atoms with Gasteiger partial charge in [0, 0.05) is 18.1 Å². The molecule has 1 aliphatic heterocycles. The van der Waals surface area contributed by atoms with Crippen molar-refractivity contribution >= 4 is 22.6 Å². The van der Waals surface area contributed by atoms with Gasteiger partial charge in [-0.2, -0.15) is 0 Å². The quantitative estimate of drug-likeness (QED) is 0.739. The smallest absolute Gasteiger partial charge is 0.123 e. The van der Waals surface area contributed by atoms with Crippen LogP contribution >= 0.6 is 11.6 Å². The lowest BCUT2D eigenvalue weighted by atomic mass is 10.2. The second-order valence-corrected chi connectivity index (χ2v) is 4.30. The first-order valence-corrected chi connectivity index (χ1v) is 5.50. The highest BCUT2D eigenvalue weighted by Crippen LogP contribution is 2.26. The first-order valence-electron chi connectivity index (χ1n) is 5.12. The molecule has 2 aromatic rings. The predicted octanol–water partition coefficient (Wildman–Crippen LogP) is 2.10. The van der Waals surface area contributed by atoms with Crippen molar-refractivity contribution in [3.8, 4) is 0 Å². The lowest BCUT2D eigenvalue weighted by Gasteiger charge is -2.15. The molecule has 0 saturated heterocycles. The Hall–Kier alpha value is -1.06. The number of aryl methyl sites for hydroxylation is 1. The van der Waals surface area contributed by atoms with Crippen LogP contribution in [-0.4, -0.2) is 16.1 Å². The average molecular weight is 222 g/mol. The van der Waals surface area contributed by atoms with Crippen molar-refractivity contribution in [1.82, 2.24) is 14.9 Å². The monoisotopic (exact) mass is 221 g/mol. The number of aromatic nitrogens is 2. The standard InChI is InChI=1S/C11H12ClN3/c1-7-8(12)2-3-9-11(7)14-10-6-13-4-5-15(9)10/h2-3,13H,4-6H2,1H3. The van der Waals surface area contributed by atoms with E-state index in [1.165, 1.54) is 5.52 Å². The summed E-state index contributed by atoms with van der Waals surface area (Å²) in [5.41, 5.74) is 3.32. The van der Waals surface area contributed by atoms with E-state index in [9.17, 15) is 0 Å². The second kappa shape index (κ2) is 3.22. The minimum atomic E-state index is 0.797. The highest BCUT2D eigenvalue weighted by atomic mass is 35.5. The molecular weight excluding hydrogens is 210 g/mol. The summed E-state index contributed by atoms with van der Waals surface area (Å²) in [5.74, 6) is 1.11. The zero-order valence-corrected chi connectivity index (χ0v) is 9.30. The Morgan fingerprint density at radius 2 is 2.33 bits per heavy atom. The maximum Gasteiger partial charge on any atom is 0.123 e. The Balaban J connectivity index is 2.36. The van der Waals surface area contributed by atoms with Crippen molar-refractivity contribution < 1.29 is 0 Å². The molecule has 0 unspecified atom stereocenters. The number of fused-ring (bicyclic) bond motifs is 3. The van der Waals surface area contributed by atoms with E-state index in [-0.39, 0.29) is 0 Å². The van der Waals surface area contributed by atoms with Gasteiger partial charge in [0.25, 0.3) is 0 Å². The molecule has 1 aromatic heterocycles. The molecule has 78 valence electrons. The van der Waals surface area contributed by atoms with Crippen LogP contribution in [0.1, 0.15) is 11.4 Å². The minimum Gasteiger partial charge on any atom is -0.326 e. The van der Waals surface area contributed by atoms with Gasteiger partial charge in [-0.05, 0) is 24.6 Å². The topological polar surface area (TPSA) is 29.9 Å². The van der Waals surface area contributed by atoms with Gasteiger partial charge >= 0.3 is 0 Å². The van der Waals surface area contributed by atoms with Gasteiger partial charge in [-0.1, -0.05) is 11.6 Å². The molecule has 15 heavy (non-hydrogen) atoms. The summed E-state index contributed by atoms with van der Waals surface area (Å²) in [6.45, 7) is 4.88. The van der Waals surface area contributed by atoms with E-state index in [4.69, 9.17) is 11.6 Å². The molecule has 0 bridgehead atoms. The summed E-state index contributed by atoms with van der Waals surface area (Å²) in [6.07, 6.45) is 0. The molecule has 1 aromatic carbocycles. The van der Waals surface area contributed by atoms with Crippen LogP contribution < -0.4 is 5.32 Å². The van der Waals surface area contributed by atoms with E-state index < -0.39 is 0 Å². The molecule has 0 saturated carbocycles. The van der Waals surface area contributed by atoms with E-state index in [2.05, 4.69) is 20.9 Å². The van der Waals surface area contributed by atoms with Crippen molar-refractivity contribution in [3.05, 3.63) is 28.5 Å². The zero-order chi connectivity index (χ0) is 10.4. The molecule has 1 N–H and O–H groups in total. The lowest BCUT2D eigenvalue weighted by molar-refractivity contribution is 0.514. The molecular formula is C11H12ClN3. The molecule has 0 spiro atoms. The summed E-state index contributed by atoms with van der Waals surface area (Å²) >= 11 is 6.09. The van der Waals surface area contributed by atoms with E-state index in [1.807, 2.05) is 13.0 Å². The Morgan fingerprint density at radius 1 is 1.47 bits per heavy atom. The molecule has 2 heterocycles. The maximum atomic E-state index is 6.09. The maximum absolute atomic E-state index is 6.09. The molecule has 0 fully saturated rings. The lowest BCUT2D eigenvalue weighted by Crippen LogP contribution is -2.28. The van der Waals surface area contributed by atoms with Gasteiger partial charge in [0.15, 0.2) is 0 Å². The van der Waals surface area contributed by atoms with Crippen LogP contribution in [0.4, 0.5) is 0 Å². The average Bonchev–Trinajstić information content (AvgIpc) is 2.63. The van der Waals surface area contributed by atoms with Crippen LogP contribution in [0.3, 0.4) is 0 Å². The summed E-state index contributed by atoms with van der Waals surface area (Å²) in [7, 11) is 0. The zero-order valence-electron chi connectivity index (χ0n) is 8.55. The SMILES string of the molecule is Cc1c(Cl)ccc2c1nc1n2CCNC1. The number of benzene rings is 1. The van der Waals surface area contributed by atoms with Gasteiger partial charge in [-0.3, -0.25) is 0 Å². The van der Waals surface area contributed by atoms with Gasteiger partial charge in [0.2, 0.25) is 0 Å². The summed E-state index contributed by atoms with van der Waals surface area (Å²) in [5, 5.41) is 4.12. The third-order valence-electron chi connectivity index (χ3n) is 2.98. The van der Waals surface area contributed by atoms with Crippen LogP contribution in [0.15, 0.2) is 12.1 Å². The fourth-order valence-electron chi connectivity index (χ4n) is 2.12. The van der Waals surface area contributed by atoms with Crippen LogP contribution in [0.25, 0.3) is 11.0 Å². The number of halogens is 1. The summed E-state index contributed by atoms with van der Waals surface area (Å²) in [4.78, 5) is 4.63. The van der Waals surface area contributed by atoms with Crippen LogP contribution in [0.5, 0.6) is 0 Å². The molecule has 0 amide bonds. The second-order valence-electron chi connectivity index (χ2n) is 3.90. The van der Waals surface area contributed by atoms with Crippen molar-refractivity contribution in [2.75, 3.05) is 6.54 Å². The highest BCUT2D eigenvalue weighted by Gasteiger charge is 2.15. The molecule has 0 radical (unpaired) electrons. The fourth-order valence-corrected chi connectivity index (χ4v) is 2.28. The van der Waals surface area contributed by atoms with Gasteiger partial charge in [-0.25, -0.2) is 4.98 Å². The van der Waals surface area contributed by atoms with Crippen molar-refractivity contribution in [1.29, 1.82) is 0 Å². The van der Waals surface area contributed by atoms with E-state index >= 15 is 0 Å². The summed E-state index contributed by atoms with van der Waals surface area (Å²) < 4.78 is 2.27. The Kier molecular flexibility index (Phi) is 1.97. The normalized spacial score (nSPS) is 15.6. The van der Waals surface area contributed by atoms with E-state index in [1.54, 1.807) is 0 Å². The van der Waals surface area contributed by atoms with Crippen molar-refractivity contribution in [2.45, 2.75) is 20.0 Å².